The molecule has 3 rings (SSSR count). The molecule has 1 N–H and O–H groups in total. The van der Waals surface area contributed by atoms with Gasteiger partial charge in [-0.05, 0) is 32.0 Å². The van der Waals surface area contributed by atoms with E-state index in [-0.39, 0.29) is 18.1 Å². The molecular formula is C17H19F2N3OS. The van der Waals surface area contributed by atoms with Crippen molar-refractivity contribution in [2.45, 2.75) is 31.7 Å². The maximum absolute atomic E-state index is 13.1. The SMILES string of the molecule is CN(CC(=O)Nc1cc(F)cc(F)c1)Cc1cnc(C2CCC2)s1. The first-order chi connectivity index (χ1) is 11.5. The van der Waals surface area contributed by atoms with E-state index in [2.05, 4.69) is 10.3 Å². The second-order valence-corrected chi connectivity index (χ2v) is 7.32. The van der Waals surface area contributed by atoms with Gasteiger partial charge in [-0.25, -0.2) is 13.8 Å². The summed E-state index contributed by atoms with van der Waals surface area (Å²) in [5.41, 5.74) is 0.121. The van der Waals surface area contributed by atoms with Crippen molar-refractivity contribution < 1.29 is 13.6 Å². The van der Waals surface area contributed by atoms with E-state index < -0.39 is 11.6 Å². The number of likely N-dealkylation sites (N-methyl/N-ethyl adjacent to an activating group) is 1. The molecule has 128 valence electrons. The van der Waals surface area contributed by atoms with Crippen molar-refractivity contribution in [3.63, 3.8) is 0 Å². The monoisotopic (exact) mass is 351 g/mol. The first-order valence-electron chi connectivity index (χ1n) is 7.88. The fraction of sp³-hybridized carbons (Fsp3) is 0.412. The third-order valence-corrected chi connectivity index (χ3v) is 5.16. The second kappa shape index (κ2) is 7.36. The minimum Gasteiger partial charge on any atom is -0.325 e. The van der Waals surface area contributed by atoms with E-state index in [4.69, 9.17) is 0 Å². The maximum atomic E-state index is 13.1. The van der Waals surface area contributed by atoms with Gasteiger partial charge in [-0.3, -0.25) is 9.69 Å². The zero-order chi connectivity index (χ0) is 17.1. The lowest BCUT2D eigenvalue weighted by atomic mass is 9.86. The molecule has 0 radical (unpaired) electrons. The van der Waals surface area contributed by atoms with Crippen molar-refractivity contribution in [3.8, 4) is 0 Å². The molecule has 1 amide bonds. The van der Waals surface area contributed by atoms with Gasteiger partial charge < -0.3 is 5.32 Å². The highest BCUT2D eigenvalue weighted by molar-refractivity contribution is 7.11. The van der Waals surface area contributed by atoms with Crippen LogP contribution in [0.4, 0.5) is 14.5 Å². The van der Waals surface area contributed by atoms with E-state index in [0.717, 1.165) is 23.1 Å². The van der Waals surface area contributed by atoms with Gasteiger partial charge in [0.05, 0.1) is 11.6 Å². The Labute approximate surface area is 143 Å². The van der Waals surface area contributed by atoms with Crippen molar-refractivity contribution in [2.75, 3.05) is 18.9 Å². The van der Waals surface area contributed by atoms with Gasteiger partial charge in [0.15, 0.2) is 0 Å². The van der Waals surface area contributed by atoms with Gasteiger partial charge in [0.2, 0.25) is 5.91 Å². The van der Waals surface area contributed by atoms with E-state index in [0.29, 0.717) is 12.5 Å². The van der Waals surface area contributed by atoms with Crippen molar-refractivity contribution in [3.05, 3.63) is 45.9 Å². The zero-order valence-electron chi connectivity index (χ0n) is 13.4. The van der Waals surface area contributed by atoms with Crippen molar-refractivity contribution >= 4 is 22.9 Å². The van der Waals surface area contributed by atoms with Crippen molar-refractivity contribution in [2.24, 2.45) is 0 Å². The van der Waals surface area contributed by atoms with Crippen LogP contribution in [0.5, 0.6) is 0 Å². The lowest BCUT2D eigenvalue weighted by molar-refractivity contribution is -0.117. The van der Waals surface area contributed by atoms with Crippen LogP contribution in [0.1, 0.15) is 35.1 Å². The molecule has 4 nitrogen and oxygen atoms in total. The largest absolute Gasteiger partial charge is 0.325 e. The van der Waals surface area contributed by atoms with E-state index in [1.807, 2.05) is 18.1 Å². The van der Waals surface area contributed by atoms with Crippen molar-refractivity contribution in [1.82, 2.24) is 9.88 Å². The number of rotatable bonds is 6. The molecule has 1 aromatic heterocycles. The number of anilines is 1. The lowest BCUT2D eigenvalue weighted by Gasteiger charge is -2.22. The highest BCUT2D eigenvalue weighted by Crippen LogP contribution is 2.38. The van der Waals surface area contributed by atoms with Gasteiger partial charge in [-0.15, -0.1) is 11.3 Å². The summed E-state index contributed by atoms with van der Waals surface area (Å²) < 4.78 is 26.2. The summed E-state index contributed by atoms with van der Waals surface area (Å²) in [4.78, 5) is 19.4. The Morgan fingerprint density at radius 3 is 2.67 bits per heavy atom. The highest BCUT2D eigenvalue weighted by atomic mass is 32.1. The predicted octanol–water partition coefficient (Wildman–Crippen LogP) is 3.76. The number of hydrogen-bond donors (Lipinski definition) is 1. The fourth-order valence-electron chi connectivity index (χ4n) is 2.63. The molecule has 0 unspecified atom stereocenters. The number of aromatic nitrogens is 1. The number of benzene rings is 1. The summed E-state index contributed by atoms with van der Waals surface area (Å²) in [5.74, 6) is -1.13. The first kappa shape index (κ1) is 17.0. The van der Waals surface area contributed by atoms with E-state index in [1.165, 1.54) is 24.3 Å². The minimum atomic E-state index is -0.716. The zero-order valence-corrected chi connectivity index (χ0v) is 14.2. The van der Waals surface area contributed by atoms with Crippen molar-refractivity contribution in [1.29, 1.82) is 0 Å². The molecule has 1 saturated carbocycles. The summed E-state index contributed by atoms with van der Waals surface area (Å²) in [7, 11) is 1.83. The number of carbonyl (C=O) groups is 1. The molecule has 1 aliphatic carbocycles. The van der Waals surface area contributed by atoms with E-state index in [9.17, 15) is 13.6 Å². The maximum Gasteiger partial charge on any atom is 0.238 e. The molecule has 7 heteroatoms. The molecule has 0 atom stereocenters. The minimum absolute atomic E-state index is 0.121. The number of nitrogens with zero attached hydrogens (tertiary/aromatic N) is 2. The molecule has 24 heavy (non-hydrogen) atoms. The smallest absolute Gasteiger partial charge is 0.238 e. The molecule has 0 bridgehead atoms. The number of nitrogens with one attached hydrogen (secondary N) is 1. The van der Waals surface area contributed by atoms with Gasteiger partial charge >= 0.3 is 0 Å². The quantitative estimate of drug-likeness (QED) is 0.862. The van der Waals surface area contributed by atoms with Crippen LogP contribution < -0.4 is 5.32 Å². The molecular weight excluding hydrogens is 332 g/mol. The fourth-order valence-corrected chi connectivity index (χ4v) is 3.80. The van der Waals surface area contributed by atoms with Crippen LogP contribution in [0, 0.1) is 11.6 Å². The molecule has 0 aliphatic heterocycles. The number of amides is 1. The van der Waals surface area contributed by atoms with Gasteiger partial charge in [0.1, 0.15) is 11.6 Å². The van der Waals surface area contributed by atoms with Gasteiger partial charge in [0, 0.05) is 35.3 Å². The van der Waals surface area contributed by atoms with Crippen LogP contribution >= 0.6 is 11.3 Å². The number of thiazole rings is 1. The molecule has 1 aromatic carbocycles. The normalized spacial score (nSPS) is 14.7. The number of hydrogen-bond acceptors (Lipinski definition) is 4. The topological polar surface area (TPSA) is 45.2 Å². The Balaban J connectivity index is 1.51. The third kappa shape index (κ3) is 4.36. The van der Waals surface area contributed by atoms with Crippen LogP contribution in [-0.2, 0) is 11.3 Å². The highest BCUT2D eigenvalue weighted by Gasteiger charge is 2.22. The van der Waals surface area contributed by atoms with Crippen LogP contribution in [0.2, 0.25) is 0 Å². The molecule has 2 aromatic rings. The van der Waals surface area contributed by atoms with Gasteiger partial charge in [-0.2, -0.15) is 0 Å². The Morgan fingerprint density at radius 2 is 2.04 bits per heavy atom. The average Bonchev–Trinajstić information content (AvgIpc) is 2.82. The molecule has 1 aliphatic rings. The van der Waals surface area contributed by atoms with E-state index in [1.54, 1.807) is 11.3 Å². The molecule has 0 spiro atoms. The van der Waals surface area contributed by atoms with Gasteiger partial charge in [-0.1, -0.05) is 6.42 Å². The second-order valence-electron chi connectivity index (χ2n) is 6.17. The summed E-state index contributed by atoms with van der Waals surface area (Å²) in [6.07, 6.45) is 5.58. The summed E-state index contributed by atoms with van der Waals surface area (Å²) in [5, 5.41) is 3.69. The van der Waals surface area contributed by atoms with Crippen LogP contribution in [-0.4, -0.2) is 29.4 Å². The van der Waals surface area contributed by atoms with Gasteiger partial charge in [0.25, 0.3) is 0 Å². The lowest BCUT2D eigenvalue weighted by Crippen LogP contribution is -2.29. The predicted molar refractivity (Wildman–Crippen MR) is 90.0 cm³/mol. The van der Waals surface area contributed by atoms with Crippen LogP contribution in [0.15, 0.2) is 24.4 Å². The van der Waals surface area contributed by atoms with Crippen LogP contribution in [0.3, 0.4) is 0 Å². The van der Waals surface area contributed by atoms with Crippen LogP contribution in [0.25, 0.3) is 0 Å². The first-order valence-corrected chi connectivity index (χ1v) is 8.70. The van der Waals surface area contributed by atoms with E-state index >= 15 is 0 Å². The summed E-state index contributed by atoms with van der Waals surface area (Å²) >= 11 is 1.70. The average molecular weight is 351 g/mol. The molecule has 1 fully saturated rings. The number of carbonyl (C=O) groups excluding carboxylic acids is 1. The standard InChI is InChI=1S/C17H19F2N3OS/c1-22(9-15-8-20-17(24-15)11-3-2-4-11)10-16(23)21-14-6-12(18)5-13(19)7-14/h5-8,11H,2-4,9-10H2,1H3,(H,21,23). The molecule has 0 saturated heterocycles. The molecule has 1 heterocycles. The third-order valence-electron chi connectivity index (χ3n) is 4.01. The number of halogens is 2. The Morgan fingerprint density at radius 1 is 1.33 bits per heavy atom. The Kier molecular flexibility index (Phi) is 5.20. The summed E-state index contributed by atoms with van der Waals surface area (Å²) in [6.45, 7) is 0.754. The Hall–Kier alpha value is -1.86. The Bertz CT molecular complexity index is 710. The summed E-state index contributed by atoms with van der Waals surface area (Å²) in [6, 6.07) is 2.95.